The minimum atomic E-state index is -0.542. The van der Waals surface area contributed by atoms with Crippen LogP contribution in [0.1, 0.15) is 65.8 Å². The highest BCUT2D eigenvalue weighted by Crippen LogP contribution is 2.24. The molecule has 1 saturated heterocycles. The lowest BCUT2D eigenvalue weighted by atomic mass is 9.99. The number of benzene rings is 2. The van der Waals surface area contributed by atoms with Gasteiger partial charge in [-0.05, 0) is 44.6 Å². The maximum atomic E-state index is 13.8. The smallest absolute Gasteiger partial charge is 0.276 e. The van der Waals surface area contributed by atoms with E-state index in [0.717, 1.165) is 24.0 Å². The van der Waals surface area contributed by atoms with E-state index in [0.29, 0.717) is 62.9 Å². The van der Waals surface area contributed by atoms with E-state index in [-0.39, 0.29) is 29.8 Å². The normalized spacial score (nSPS) is 19.9. The van der Waals surface area contributed by atoms with Gasteiger partial charge in [-0.25, -0.2) is 9.67 Å². The molecule has 11 heteroatoms. The molecule has 228 valence electrons. The summed E-state index contributed by atoms with van der Waals surface area (Å²) < 4.78 is 7.31. The molecule has 6 rings (SSSR count). The summed E-state index contributed by atoms with van der Waals surface area (Å²) in [5, 5.41) is 12.0. The third-order valence-corrected chi connectivity index (χ3v) is 8.32. The van der Waals surface area contributed by atoms with Gasteiger partial charge < -0.3 is 19.6 Å². The van der Waals surface area contributed by atoms with Crippen molar-refractivity contribution >= 4 is 17.7 Å². The van der Waals surface area contributed by atoms with Crippen molar-refractivity contribution in [1.82, 2.24) is 35.0 Å². The number of piperidine rings is 1. The Hall–Kier alpha value is -4.80. The minimum absolute atomic E-state index is 0.0688. The summed E-state index contributed by atoms with van der Waals surface area (Å²) in [6, 6.07) is 20.1. The molecule has 1 N–H and O–H groups in total. The van der Waals surface area contributed by atoms with Gasteiger partial charge in [0, 0.05) is 37.7 Å². The van der Waals surface area contributed by atoms with Crippen LogP contribution < -0.4 is 5.32 Å². The Kier molecular flexibility index (Phi) is 8.81. The monoisotopic (exact) mass is 595 g/mol. The van der Waals surface area contributed by atoms with Gasteiger partial charge in [-0.1, -0.05) is 65.8 Å². The first-order valence-corrected chi connectivity index (χ1v) is 15.3. The van der Waals surface area contributed by atoms with Crippen LogP contribution in [0.5, 0.6) is 0 Å². The first-order valence-electron chi connectivity index (χ1n) is 15.3. The highest BCUT2D eigenvalue weighted by molar-refractivity contribution is 5.93. The zero-order valence-corrected chi connectivity index (χ0v) is 24.9. The molecule has 0 radical (unpaired) electrons. The highest BCUT2D eigenvalue weighted by atomic mass is 16.5. The van der Waals surface area contributed by atoms with E-state index >= 15 is 0 Å². The fraction of sp³-hybridized carbons (Fsp3) is 0.394. The van der Waals surface area contributed by atoms with Crippen molar-refractivity contribution in [2.75, 3.05) is 19.6 Å². The number of nitrogens with one attached hydrogen (secondary N) is 1. The first-order chi connectivity index (χ1) is 21.5. The average Bonchev–Trinajstić information content (AvgIpc) is 3.69. The number of hydrogen-bond acceptors (Lipinski definition) is 7. The van der Waals surface area contributed by atoms with Crippen molar-refractivity contribution in [3.63, 3.8) is 0 Å². The van der Waals surface area contributed by atoms with Gasteiger partial charge in [-0.2, -0.15) is 5.10 Å². The standard InChI is InChI=1S/C33H37N7O4/c1-23-34-31-26(21-24-11-4-2-5-12-24)35-32(42)28-15-8-9-18-39(28)30(41)16-10-17-38(19-20-40(31)36-23)33(43)27-22-29(44-37-27)25-13-6-3-7-14-25/h2-7,11-14,22,26,28H,8-10,15-21H2,1H3,(H,35,42)/t26-,28+/m1/s1. The number of rotatable bonds is 4. The first kappa shape index (κ1) is 29.3. The number of aromatic nitrogens is 4. The van der Waals surface area contributed by atoms with Crippen molar-refractivity contribution in [2.45, 2.75) is 64.1 Å². The lowest BCUT2D eigenvalue weighted by Crippen LogP contribution is -2.53. The predicted molar refractivity (Wildman–Crippen MR) is 162 cm³/mol. The summed E-state index contributed by atoms with van der Waals surface area (Å²) in [6.07, 6.45) is 3.56. The van der Waals surface area contributed by atoms with E-state index < -0.39 is 12.1 Å². The van der Waals surface area contributed by atoms with Crippen LogP contribution >= 0.6 is 0 Å². The summed E-state index contributed by atoms with van der Waals surface area (Å²) >= 11 is 0. The number of nitrogens with zero attached hydrogens (tertiary/aromatic N) is 6. The summed E-state index contributed by atoms with van der Waals surface area (Å²) in [6.45, 7) is 3.38. The quantitative estimate of drug-likeness (QED) is 0.379. The maximum Gasteiger partial charge on any atom is 0.276 e. The summed E-state index contributed by atoms with van der Waals surface area (Å²) in [5.74, 6) is 1.19. The zero-order valence-electron chi connectivity index (χ0n) is 24.9. The number of hydrogen-bond donors (Lipinski definition) is 1. The molecule has 2 aromatic heterocycles. The van der Waals surface area contributed by atoms with E-state index in [1.165, 1.54) is 0 Å². The number of fused-ring (bicyclic) bond motifs is 2. The molecule has 0 bridgehead atoms. The Balaban J connectivity index is 1.31. The Morgan fingerprint density at radius 1 is 0.955 bits per heavy atom. The van der Waals surface area contributed by atoms with Crippen molar-refractivity contribution in [2.24, 2.45) is 0 Å². The largest absolute Gasteiger partial charge is 0.355 e. The molecule has 11 nitrogen and oxygen atoms in total. The molecule has 4 aromatic rings. The molecule has 3 amide bonds. The molecule has 0 unspecified atom stereocenters. The summed E-state index contributed by atoms with van der Waals surface area (Å²) in [7, 11) is 0. The van der Waals surface area contributed by atoms with Crippen molar-refractivity contribution in [3.8, 4) is 11.3 Å². The fourth-order valence-corrected chi connectivity index (χ4v) is 6.09. The second-order valence-electron chi connectivity index (χ2n) is 11.4. The van der Waals surface area contributed by atoms with Gasteiger partial charge in [-0.3, -0.25) is 14.4 Å². The van der Waals surface area contributed by atoms with Gasteiger partial charge in [0.1, 0.15) is 17.7 Å². The molecule has 2 aromatic carbocycles. The van der Waals surface area contributed by atoms with Gasteiger partial charge in [0.05, 0.1) is 12.6 Å². The van der Waals surface area contributed by atoms with E-state index in [4.69, 9.17) is 9.51 Å². The molecule has 0 spiro atoms. The predicted octanol–water partition coefficient (Wildman–Crippen LogP) is 3.96. The van der Waals surface area contributed by atoms with E-state index in [9.17, 15) is 14.4 Å². The average molecular weight is 596 g/mol. The molecule has 2 aliphatic rings. The Morgan fingerprint density at radius 2 is 1.73 bits per heavy atom. The van der Waals surface area contributed by atoms with Crippen LogP contribution in [0.3, 0.4) is 0 Å². The van der Waals surface area contributed by atoms with E-state index in [1.54, 1.807) is 20.5 Å². The second kappa shape index (κ2) is 13.2. The Morgan fingerprint density at radius 3 is 2.52 bits per heavy atom. The Bertz CT molecular complexity index is 1600. The van der Waals surface area contributed by atoms with Gasteiger partial charge in [0.2, 0.25) is 11.8 Å². The Labute approximate surface area is 256 Å². The lowest BCUT2D eigenvalue weighted by Gasteiger charge is -2.36. The van der Waals surface area contributed by atoms with Crippen molar-refractivity contribution in [1.29, 1.82) is 0 Å². The van der Waals surface area contributed by atoms with Gasteiger partial charge in [0.15, 0.2) is 11.5 Å². The van der Waals surface area contributed by atoms with Crippen LogP contribution in [0.25, 0.3) is 11.3 Å². The second-order valence-corrected chi connectivity index (χ2v) is 11.4. The van der Waals surface area contributed by atoms with Crippen LogP contribution in [-0.4, -0.2) is 73.1 Å². The van der Waals surface area contributed by atoms with Crippen molar-refractivity contribution in [3.05, 3.63) is 89.6 Å². The van der Waals surface area contributed by atoms with Crippen LogP contribution in [0.2, 0.25) is 0 Å². The number of amides is 3. The topological polar surface area (TPSA) is 126 Å². The SMILES string of the molecule is Cc1nc2n(n1)CCN(C(=O)c1cc(-c3ccccc3)on1)CCCC(=O)N1CCCC[C@H]1C(=O)N[C@@H]2Cc1ccccc1. The summed E-state index contributed by atoms with van der Waals surface area (Å²) in [5.41, 5.74) is 2.08. The summed E-state index contributed by atoms with van der Waals surface area (Å²) in [4.78, 5) is 49.1. The minimum Gasteiger partial charge on any atom is -0.355 e. The van der Waals surface area contributed by atoms with Gasteiger partial charge >= 0.3 is 0 Å². The van der Waals surface area contributed by atoms with Gasteiger partial charge in [-0.15, -0.1) is 0 Å². The van der Waals surface area contributed by atoms with Crippen LogP contribution in [-0.2, 0) is 22.6 Å². The molecule has 0 aliphatic carbocycles. The third-order valence-electron chi connectivity index (χ3n) is 8.32. The molecule has 0 saturated carbocycles. The van der Waals surface area contributed by atoms with Crippen molar-refractivity contribution < 1.29 is 18.9 Å². The molecular weight excluding hydrogens is 558 g/mol. The number of aryl methyl sites for hydroxylation is 1. The van der Waals surface area contributed by atoms with Crippen LogP contribution in [0.15, 0.2) is 71.3 Å². The maximum absolute atomic E-state index is 13.8. The number of carbonyl (C=O) groups is 3. The molecular formula is C33H37N7O4. The van der Waals surface area contributed by atoms with E-state index in [2.05, 4.69) is 15.6 Å². The number of carbonyl (C=O) groups excluding carboxylic acids is 3. The molecule has 1 fully saturated rings. The van der Waals surface area contributed by atoms with E-state index in [1.807, 2.05) is 67.6 Å². The third kappa shape index (κ3) is 6.56. The van der Waals surface area contributed by atoms with Gasteiger partial charge in [0.25, 0.3) is 5.91 Å². The fourth-order valence-electron chi connectivity index (χ4n) is 6.09. The molecule has 44 heavy (non-hydrogen) atoms. The molecule has 4 heterocycles. The van der Waals surface area contributed by atoms with Crippen LogP contribution in [0, 0.1) is 6.92 Å². The van der Waals surface area contributed by atoms with Crippen LogP contribution in [0.4, 0.5) is 0 Å². The zero-order chi connectivity index (χ0) is 30.5. The molecule has 2 atom stereocenters. The lowest BCUT2D eigenvalue weighted by molar-refractivity contribution is -0.142. The highest BCUT2D eigenvalue weighted by Gasteiger charge is 2.34. The molecule has 2 aliphatic heterocycles.